The molecular weight excluding hydrogens is 546 g/mol. The van der Waals surface area contributed by atoms with Crippen LogP contribution >= 0.6 is 0 Å². The van der Waals surface area contributed by atoms with Crippen LogP contribution in [0.2, 0.25) is 0 Å². The summed E-state index contributed by atoms with van der Waals surface area (Å²) < 4.78 is 35.4. The molecule has 4 rings (SSSR count). The van der Waals surface area contributed by atoms with Gasteiger partial charge in [-0.05, 0) is 25.2 Å². The second kappa shape index (κ2) is 14.1. The molecule has 13 heteroatoms. The van der Waals surface area contributed by atoms with Crippen molar-refractivity contribution >= 4 is 39.3 Å². The van der Waals surface area contributed by atoms with E-state index in [4.69, 9.17) is 24.2 Å². The second-order valence-corrected chi connectivity index (χ2v) is 10.3. The Morgan fingerprint density at radius 3 is 2.37 bits per heavy atom. The molecule has 41 heavy (non-hydrogen) atoms. The molecule has 3 N–H and O–H groups in total. The number of aromatic nitrogens is 4. The summed E-state index contributed by atoms with van der Waals surface area (Å²) in [6, 6.07) is 10.9. The van der Waals surface area contributed by atoms with Crippen LogP contribution in [0, 0.1) is 0 Å². The molecule has 2 aromatic heterocycles. The smallest absolute Gasteiger partial charge is 0.184 e. The molecule has 2 aromatic carbocycles. The van der Waals surface area contributed by atoms with Gasteiger partial charge in [-0.25, -0.2) is 19.2 Å². The number of anilines is 3. The van der Waals surface area contributed by atoms with Crippen molar-refractivity contribution in [2.75, 3.05) is 50.6 Å². The Balaban J connectivity index is 1.71. The van der Waals surface area contributed by atoms with E-state index in [1.807, 2.05) is 35.9 Å². The summed E-state index contributed by atoms with van der Waals surface area (Å²) in [5.41, 5.74) is 1.77. The van der Waals surface area contributed by atoms with Crippen LogP contribution in [0.25, 0.3) is 11.0 Å². The van der Waals surface area contributed by atoms with Gasteiger partial charge in [0, 0.05) is 38.4 Å². The normalized spacial score (nSPS) is 12.0. The van der Waals surface area contributed by atoms with E-state index >= 15 is 0 Å². The van der Waals surface area contributed by atoms with Gasteiger partial charge in [0.05, 0.1) is 44.1 Å². The van der Waals surface area contributed by atoms with E-state index in [1.54, 1.807) is 25.4 Å². The summed E-state index contributed by atoms with van der Waals surface area (Å²) in [5.74, 6) is 2.77. The van der Waals surface area contributed by atoms with Crippen LogP contribution in [0.3, 0.4) is 0 Å². The minimum atomic E-state index is -1.73. The van der Waals surface area contributed by atoms with E-state index in [-0.39, 0.29) is 19.0 Å². The average Bonchev–Trinajstić information content (AvgIpc) is 3.36. The number of benzene rings is 2. The van der Waals surface area contributed by atoms with Gasteiger partial charge in [0.25, 0.3) is 0 Å². The summed E-state index contributed by atoms with van der Waals surface area (Å²) in [4.78, 5) is 16.4. The van der Waals surface area contributed by atoms with E-state index in [9.17, 15) is 9.32 Å². The Morgan fingerprint density at radius 2 is 1.73 bits per heavy atom. The molecule has 4 aromatic rings. The van der Waals surface area contributed by atoms with E-state index in [1.165, 1.54) is 7.11 Å². The highest BCUT2D eigenvalue weighted by Crippen LogP contribution is 2.41. The van der Waals surface area contributed by atoms with Crippen LogP contribution in [0.4, 0.5) is 17.3 Å². The standard InChI is InChI=1S/C28H37N7O5S/c1-6-35(7-2)17-24-32-25(18-34(24)3)41(37)33-28-27(29-20-11-8-9-12-21(20)30-28)31-22-15-19(38-4)16-23(39-5)26(22)40-14-10-13-36/h8-9,11-12,15-16,18,36H,6-7,10,13-14,17H2,1-5H3,(H,29,31)(H,30,33). The Morgan fingerprint density at radius 1 is 1.02 bits per heavy atom. The lowest BCUT2D eigenvalue weighted by Gasteiger charge is -2.19. The number of aryl methyl sites for hydroxylation is 1. The maximum atomic E-state index is 13.5. The van der Waals surface area contributed by atoms with Gasteiger partial charge < -0.3 is 29.2 Å². The molecule has 0 spiro atoms. The van der Waals surface area contributed by atoms with Crippen LogP contribution in [-0.2, 0) is 24.6 Å². The number of rotatable bonds is 15. The summed E-state index contributed by atoms with van der Waals surface area (Å²) in [6.45, 7) is 6.89. The van der Waals surface area contributed by atoms with Gasteiger partial charge in [0.2, 0.25) is 0 Å². The first-order valence-corrected chi connectivity index (χ1v) is 14.5. The number of hydrogen-bond donors (Lipinski definition) is 3. The highest BCUT2D eigenvalue weighted by atomic mass is 32.2. The van der Waals surface area contributed by atoms with Crippen LogP contribution in [-0.4, -0.2) is 74.3 Å². The number of imidazole rings is 1. The Hall–Kier alpha value is -3.94. The zero-order chi connectivity index (χ0) is 29.4. The first kappa shape index (κ1) is 30.0. The van der Waals surface area contributed by atoms with Crippen molar-refractivity contribution in [1.29, 1.82) is 0 Å². The number of para-hydroxylation sites is 2. The predicted octanol–water partition coefficient (Wildman–Crippen LogP) is 3.86. The van der Waals surface area contributed by atoms with Crippen molar-refractivity contribution in [1.82, 2.24) is 24.4 Å². The molecule has 0 radical (unpaired) electrons. The third-order valence-electron chi connectivity index (χ3n) is 6.45. The molecule has 0 aliphatic carbocycles. The minimum absolute atomic E-state index is 0.0125. The lowest BCUT2D eigenvalue weighted by molar-refractivity contribution is 0.228. The minimum Gasteiger partial charge on any atom is -0.497 e. The number of fused-ring (bicyclic) bond motifs is 1. The quantitative estimate of drug-likeness (QED) is 0.177. The first-order chi connectivity index (χ1) is 19.9. The van der Waals surface area contributed by atoms with Crippen LogP contribution in [0.1, 0.15) is 26.1 Å². The van der Waals surface area contributed by atoms with E-state index in [0.29, 0.717) is 57.8 Å². The highest BCUT2D eigenvalue weighted by Gasteiger charge is 2.20. The Bertz CT molecular complexity index is 1490. The molecule has 0 amide bonds. The Kier molecular flexibility index (Phi) is 10.3. The van der Waals surface area contributed by atoms with Crippen molar-refractivity contribution in [2.24, 2.45) is 7.05 Å². The van der Waals surface area contributed by atoms with E-state index in [2.05, 4.69) is 33.8 Å². The number of hydrogen-bond acceptors (Lipinski definition) is 10. The van der Waals surface area contributed by atoms with Gasteiger partial charge in [0.15, 0.2) is 39.1 Å². The molecule has 0 aliphatic heterocycles. The lowest BCUT2D eigenvalue weighted by Crippen LogP contribution is -2.23. The topological polar surface area (TPSA) is 136 Å². The molecule has 0 saturated carbocycles. The lowest BCUT2D eigenvalue weighted by atomic mass is 10.2. The molecule has 0 saturated heterocycles. The Labute approximate surface area is 242 Å². The number of methoxy groups -OCH3 is 2. The summed E-state index contributed by atoms with van der Waals surface area (Å²) >= 11 is 0. The van der Waals surface area contributed by atoms with Crippen LogP contribution in [0.15, 0.2) is 47.6 Å². The number of nitrogens with zero attached hydrogens (tertiary/aromatic N) is 5. The number of aliphatic hydroxyl groups is 1. The second-order valence-electron chi connectivity index (χ2n) is 9.10. The van der Waals surface area contributed by atoms with Crippen LogP contribution in [0.5, 0.6) is 17.2 Å². The van der Waals surface area contributed by atoms with Crippen molar-refractivity contribution < 1.29 is 23.5 Å². The van der Waals surface area contributed by atoms with Gasteiger partial charge in [-0.15, -0.1) is 0 Å². The molecule has 1 atom stereocenters. The van der Waals surface area contributed by atoms with Crippen molar-refractivity contribution in [2.45, 2.75) is 31.8 Å². The third kappa shape index (κ3) is 7.23. The number of nitrogens with one attached hydrogen (secondary N) is 2. The van der Waals surface area contributed by atoms with Crippen molar-refractivity contribution in [3.05, 3.63) is 48.4 Å². The zero-order valence-electron chi connectivity index (χ0n) is 24.0. The van der Waals surface area contributed by atoms with Gasteiger partial charge >= 0.3 is 0 Å². The van der Waals surface area contributed by atoms with Crippen molar-refractivity contribution in [3.8, 4) is 17.2 Å². The van der Waals surface area contributed by atoms with Crippen molar-refractivity contribution in [3.63, 3.8) is 0 Å². The predicted molar refractivity (Wildman–Crippen MR) is 159 cm³/mol. The molecule has 1 unspecified atom stereocenters. The fourth-order valence-electron chi connectivity index (χ4n) is 4.11. The van der Waals surface area contributed by atoms with Gasteiger partial charge in [0.1, 0.15) is 11.6 Å². The molecule has 12 nitrogen and oxygen atoms in total. The monoisotopic (exact) mass is 583 g/mol. The van der Waals surface area contributed by atoms with Crippen LogP contribution < -0.4 is 24.2 Å². The zero-order valence-corrected chi connectivity index (χ0v) is 24.8. The molecule has 2 heterocycles. The number of ether oxygens (including phenoxy) is 3. The summed E-state index contributed by atoms with van der Waals surface area (Å²) in [6.07, 6.45) is 2.19. The summed E-state index contributed by atoms with van der Waals surface area (Å²) in [7, 11) is 3.25. The SMILES string of the molecule is CCN(CC)Cc1nc(S(=O)Nc2nc3ccccc3nc2Nc2cc(OC)cc(OC)c2OCCCO)cn1C. The van der Waals surface area contributed by atoms with E-state index in [0.717, 1.165) is 18.9 Å². The molecule has 0 fully saturated rings. The largest absolute Gasteiger partial charge is 0.497 e. The first-order valence-electron chi connectivity index (χ1n) is 13.4. The van der Waals surface area contributed by atoms with E-state index < -0.39 is 11.0 Å². The summed E-state index contributed by atoms with van der Waals surface area (Å²) in [5, 5.41) is 12.9. The average molecular weight is 584 g/mol. The maximum absolute atomic E-state index is 13.5. The molecule has 0 aliphatic rings. The fourth-order valence-corrected chi connectivity index (χ4v) is 4.98. The van der Waals surface area contributed by atoms with Gasteiger partial charge in [-0.3, -0.25) is 9.62 Å². The van der Waals surface area contributed by atoms with Gasteiger partial charge in [-0.1, -0.05) is 26.0 Å². The maximum Gasteiger partial charge on any atom is 0.184 e. The highest BCUT2D eigenvalue weighted by molar-refractivity contribution is 7.86. The molecular formula is C28H37N7O5S. The van der Waals surface area contributed by atoms with Gasteiger partial charge in [-0.2, -0.15) is 0 Å². The molecule has 220 valence electrons. The molecule has 0 bridgehead atoms. The third-order valence-corrected chi connectivity index (χ3v) is 7.40. The number of aliphatic hydroxyl groups excluding tert-OH is 1. The fraction of sp³-hybridized carbons (Fsp3) is 0.393.